The maximum Gasteiger partial charge on any atom is 0.253 e. The molecule has 1 unspecified atom stereocenters. The summed E-state index contributed by atoms with van der Waals surface area (Å²) in [6.07, 6.45) is 3.19. The van der Waals surface area contributed by atoms with Gasteiger partial charge in [0.1, 0.15) is 10.3 Å². The number of ether oxygens (including phenoxy) is 1. The molecule has 8 nitrogen and oxygen atoms in total. The van der Waals surface area contributed by atoms with Crippen molar-refractivity contribution in [1.29, 1.82) is 0 Å². The number of aromatic nitrogens is 1. The number of benzene rings is 1. The molecule has 5 rings (SSSR count). The zero-order valence-corrected chi connectivity index (χ0v) is 22.7. The van der Waals surface area contributed by atoms with Crippen molar-refractivity contribution in [2.75, 3.05) is 57.1 Å². The number of fused-ring (bicyclic) bond motifs is 1. The van der Waals surface area contributed by atoms with Crippen LogP contribution in [0.2, 0.25) is 0 Å². The van der Waals surface area contributed by atoms with E-state index >= 15 is 0 Å². The maximum absolute atomic E-state index is 14.0. The zero-order chi connectivity index (χ0) is 24.4. The van der Waals surface area contributed by atoms with Gasteiger partial charge < -0.3 is 4.74 Å². The summed E-state index contributed by atoms with van der Waals surface area (Å²) >= 11 is 4.30. The van der Waals surface area contributed by atoms with Gasteiger partial charge in [0, 0.05) is 37.6 Å². The summed E-state index contributed by atoms with van der Waals surface area (Å²) in [5, 5.41) is 2.37. The molecule has 0 N–H and O–H groups in total. The monoisotopic (exact) mass is 552 g/mol. The molecule has 0 saturated carbocycles. The van der Waals surface area contributed by atoms with Crippen molar-refractivity contribution < 1.29 is 17.9 Å². The summed E-state index contributed by atoms with van der Waals surface area (Å²) in [5.74, 6) is -0.194. The summed E-state index contributed by atoms with van der Waals surface area (Å²) in [5.41, 5.74) is 0.888. The van der Waals surface area contributed by atoms with Crippen molar-refractivity contribution in [1.82, 2.24) is 14.2 Å². The minimum absolute atomic E-state index is 0.194. The molecule has 0 spiro atoms. The molecule has 0 bridgehead atoms. The van der Waals surface area contributed by atoms with Crippen LogP contribution in [0.15, 0.2) is 44.8 Å². The van der Waals surface area contributed by atoms with E-state index in [1.165, 1.54) is 27.0 Å². The maximum atomic E-state index is 14.0. The molecular weight excluding hydrogens is 525 g/mol. The van der Waals surface area contributed by atoms with Crippen LogP contribution in [0, 0.1) is 0 Å². The first kappa shape index (κ1) is 25.1. The Labute approximate surface area is 217 Å². The Kier molecular flexibility index (Phi) is 7.78. The van der Waals surface area contributed by atoms with E-state index in [0.29, 0.717) is 50.8 Å². The van der Waals surface area contributed by atoms with Crippen molar-refractivity contribution in [3.63, 3.8) is 0 Å². The van der Waals surface area contributed by atoms with Gasteiger partial charge in [-0.25, -0.2) is 13.4 Å². The number of anilines is 1. The van der Waals surface area contributed by atoms with Gasteiger partial charge in [0.05, 0.1) is 23.4 Å². The first-order valence-electron chi connectivity index (χ1n) is 11.6. The largest absolute Gasteiger partial charge is 0.379 e. The third kappa shape index (κ3) is 5.15. The predicted molar refractivity (Wildman–Crippen MR) is 142 cm³/mol. The highest BCUT2D eigenvalue weighted by atomic mass is 32.2. The topological polar surface area (TPSA) is 83.0 Å². The average molecular weight is 553 g/mol. The molecule has 12 heteroatoms. The highest BCUT2D eigenvalue weighted by Gasteiger charge is 2.42. The highest BCUT2D eigenvalue weighted by molar-refractivity contribution is 7.98. The molecule has 2 saturated heterocycles. The summed E-state index contributed by atoms with van der Waals surface area (Å²) in [7, 11) is -3.72. The number of nitrogens with zero attached hydrogens (tertiary/aromatic N) is 4. The average Bonchev–Trinajstić information content (AvgIpc) is 3.65. The number of para-hydroxylation sites is 1. The van der Waals surface area contributed by atoms with E-state index in [-0.39, 0.29) is 10.1 Å². The van der Waals surface area contributed by atoms with Crippen LogP contribution in [0.4, 0.5) is 5.13 Å². The number of thiazole rings is 1. The Morgan fingerprint density at radius 3 is 2.80 bits per heavy atom. The first-order chi connectivity index (χ1) is 17.0. The molecule has 4 heterocycles. The molecule has 0 aliphatic carbocycles. The summed E-state index contributed by atoms with van der Waals surface area (Å²) < 4.78 is 34.8. The fourth-order valence-electron chi connectivity index (χ4n) is 4.54. The van der Waals surface area contributed by atoms with Crippen molar-refractivity contribution in [2.45, 2.75) is 28.0 Å². The normalized spacial score (nSPS) is 20.0. The highest BCUT2D eigenvalue weighted by Crippen LogP contribution is 2.36. The second kappa shape index (κ2) is 10.8. The Balaban J connectivity index is 1.46. The van der Waals surface area contributed by atoms with E-state index in [9.17, 15) is 13.2 Å². The molecule has 3 aromatic rings. The van der Waals surface area contributed by atoms with Crippen molar-refractivity contribution >= 4 is 65.7 Å². The van der Waals surface area contributed by atoms with Gasteiger partial charge in [-0.05, 0) is 42.7 Å². The van der Waals surface area contributed by atoms with Crippen LogP contribution < -0.4 is 4.90 Å². The van der Waals surface area contributed by atoms with Gasteiger partial charge in [-0.3, -0.25) is 14.6 Å². The minimum atomic E-state index is -3.72. The van der Waals surface area contributed by atoms with E-state index in [4.69, 9.17) is 9.72 Å². The molecule has 2 aromatic heterocycles. The molecule has 2 aliphatic heterocycles. The van der Waals surface area contributed by atoms with Gasteiger partial charge in [-0.1, -0.05) is 23.5 Å². The Morgan fingerprint density at radius 1 is 1.23 bits per heavy atom. The van der Waals surface area contributed by atoms with E-state index in [0.717, 1.165) is 28.2 Å². The zero-order valence-electron chi connectivity index (χ0n) is 19.5. The van der Waals surface area contributed by atoms with Crippen LogP contribution in [-0.2, 0) is 19.6 Å². The molecule has 2 aliphatic rings. The number of morpholine rings is 1. The van der Waals surface area contributed by atoms with E-state index in [1.54, 1.807) is 34.2 Å². The molecule has 1 atom stereocenters. The Hall–Kier alpha value is -1.54. The standard InChI is InChI=1S/C23H28N4O4S4/c1-32-18-6-2-7-19-21(18)24-23(34-19)26(11-10-25-12-14-31-15-13-25)22(28)17-5-3-9-27(17)35(29,30)20-8-4-16-33-20/h2,4,6-8,16-17H,3,5,9-15H2,1H3. The third-order valence-electron chi connectivity index (χ3n) is 6.38. The van der Waals surface area contributed by atoms with Crippen LogP contribution in [0.3, 0.4) is 0 Å². The lowest BCUT2D eigenvalue weighted by Crippen LogP contribution is -2.50. The van der Waals surface area contributed by atoms with Crippen LogP contribution in [0.1, 0.15) is 12.8 Å². The molecule has 2 fully saturated rings. The number of thiophene rings is 1. The lowest BCUT2D eigenvalue weighted by molar-refractivity contribution is -0.121. The molecular formula is C23H28N4O4S4. The molecule has 1 amide bonds. The van der Waals surface area contributed by atoms with Gasteiger partial charge in [0.2, 0.25) is 5.91 Å². The fraction of sp³-hybridized carbons (Fsp3) is 0.478. The van der Waals surface area contributed by atoms with E-state index in [1.807, 2.05) is 24.5 Å². The van der Waals surface area contributed by atoms with Crippen molar-refractivity contribution in [3.05, 3.63) is 35.7 Å². The second-order valence-electron chi connectivity index (χ2n) is 8.45. The summed E-state index contributed by atoms with van der Waals surface area (Å²) in [6.45, 7) is 4.50. The van der Waals surface area contributed by atoms with Crippen LogP contribution in [0.25, 0.3) is 10.2 Å². The Morgan fingerprint density at radius 2 is 2.06 bits per heavy atom. The molecule has 188 valence electrons. The number of hydrogen-bond donors (Lipinski definition) is 0. The van der Waals surface area contributed by atoms with Crippen LogP contribution in [0.5, 0.6) is 0 Å². The quantitative estimate of drug-likeness (QED) is 0.395. The van der Waals surface area contributed by atoms with E-state index in [2.05, 4.69) is 4.90 Å². The number of carbonyl (C=O) groups is 1. The second-order valence-corrected chi connectivity index (χ2v) is 13.4. The van der Waals surface area contributed by atoms with Crippen LogP contribution >= 0.6 is 34.4 Å². The van der Waals surface area contributed by atoms with Gasteiger partial charge >= 0.3 is 0 Å². The number of sulfonamides is 1. The van der Waals surface area contributed by atoms with Gasteiger partial charge in [0.15, 0.2) is 5.13 Å². The number of thioether (sulfide) groups is 1. The minimum Gasteiger partial charge on any atom is -0.379 e. The lowest BCUT2D eigenvalue weighted by Gasteiger charge is -2.31. The lowest BCUT2D eigenvalue weighted by atomic mass is 10.2. The van der Waals surface area contributed by atoms with Crippen molar-refractivity contribution in [2.24, 2.45) is 0 Å². The molecule has 1 aromatic carbocycles. The SMILES string of the molecule is CSc1cccc2sc(N(CCN3CCOCC3)C(=O)C3CCCN3S(=O)(=O)c3cccs3)nc12. The molecule has 35 heavy (non-hydrogen) atoms. The number of amides is 1. The predicted octanol–water partition coefficient (Wildman–Crippen LogP) is 3.60. The van der Waals surface area contributed by atoms with Gasteiger partial charge in [0.25, 0.3) is 10.0 Å². The van der Waals surface area contributed by atoms with Crippen LogP contribution in [-0.4, -0.2) is 86.7 Å². The number of rotatable bonds is 8. The third-order valence-corrected chi connectivity index (χ3v) is 11.5. The van der Waals surface area contributed by atoms with Gasteiger partial charge in [-0.15, -0.1) is 23.1 Å². The van der Waals surface area contributed by atoms with E-state index < -0.39 is 16.1 Å². The summed E-state index contributed by atoms with van der Waals surface area (Å²) in [6, 6.07) is 8.66. The number of hydrogen-bond acceptors (Lipinski definition) is 9. The Bertz CT molecular complexity index is 1270. The van der Waals surface area contributed by atoms with Crippen molar-refractivity contribution in [3.8, 4) is 0 Å². The fourth-order valence-corrected chi connectivity index (χ4v) is 8.96. The molecule has 0 radical (unpaired) electrons. The smallest absolute Gasteiger partial charge is 0.253 e. The summed E-state index contributed by atoms with van der Waals surface area (Å²) in [4.78, 5) is 23.9. The first-order valence-corrected chi connectivity index (χ1v) is 16.0. The number of carbonyl (C=O) groups excluding carboxylic acids is 1. The van der Waals surface area contributed by atoms with Gasteiger partial charge in [-0.2, -0.15) is 4.31 Å².